The highest BCUT2D eigenvalue weighted by Gasteiger charge is 2.16. The molecule has 2 rings (SSSR count). The number of imidazole rings is 1. The van der Waals surface area contributed by atoms with Gasteiger partial charge in [0.1, 0.15) is 5.82 Å². The van der Waals surface area contributed by atoms with E-state index in [2.05, 4.69) is 22.0 Å². The van der Waals surface area contributed by atoms with E-state index in [9.17, 15) is 0 Å². The van der Waals surface area contributed by atoms with Crippen LogP contribution < -0.4 is 5.73 Å². The molecule has 0 saturated carbocycles. The van der Waals surface area contributed by atoms with Crippen molar-refractivity contribution in [2.45, 2.75) is 33.6 Å². The van der Waals surface area contributed by atoms with Crippen LogP contribution in [0.3, 0.4) is 0 Å². The van der Waals surface area contributed by atoms with E-state index in [1.165, 1.54) is 0 Å². The third-order valence-electron chi connectivity index (χ3n) is 3.12. The highest BCUT2D eigenvalue weighted by molar-refractivity contribution is 6.01. The molecule has 106 valence electrons. The molecule has 0 bridgehead atoms. The predicted octanol–water partition coefficient (Wildman–Crippen LogP) is 1.93. The van der Waals surface area contributed by atoms with Crippen LogP contribution in [0.5, 0.6) is 0 Å². The van der Waals surface area contributed by atoms with Gasteiger partial charge in [-0.15, -0.1) is 0 Å². The van der Waals surface area contributed by atoms with E-state index in [0.29, 0.717) is 5.56 Å². The molecule has 0 saturated heterocycles. The van der Waals surface area contributed by atoms with E-state index in [0.717, 1.165) is 35.7 Å². The first-order valence-electron chi connectivity index (χ1n) is 6.57. The average Bonchev–Trinajstić information content (AvgIpc) is 2.85. The van der Waals surface area contributed by atoms with Crippen LogP contribution in [0.4, 0.5) is 0 Å². The lowest BCUT2D eigenvalue weighted by molar-refractivity contribution is 0.318. The van der Waals surface area contributed by atoms with Crippen LogP contribution >= 0.6 is 0 Å². The van der Waals surface area contributed by atoms with Crippen molar-refractivity contribution in [3.8, 4) is 5.69 Å². The topological polar surface area (TPSA) is 89.3 Å². The standard InChI is InChI=1S/C14H19N5O/c1-4-5-12-16-6-7-19(12)11-8-9(2)17-10(3)13(11)14(15)18-20/h6-8,20H,4-5H2,1-3H3,(H2,15,18). The summed E-state index contributed by atoms with van der Waals surface area (Å²) in [6.45, 7) is 5.87. The fourth-order valence-electron chi connectivity index (χ4n) is 2.33. The molecule has 3 N–H and O–H groups in total. The minimum atomic E-state index is 0.0566. The van der Waals surface area contributed by atoms with Gasteiger partial charge in [0, 0.05) is 24.5 Å². The van der Waals surface area contributed by atoms with Crippen LogP contribution in [0.25, 0.3) is 5.69 Å². The monoisotopic (exact) mass is 273 g/mol. The maximum Gasteiger partial charge on any atom is 0.174 e. The number of oxime groups is 1. The first kappa shape index (κ1) is 14.0. The number of rotatable bonds is 4. The molecule has 0 spiro atoms. The molecule has 0 unspecified atom stereocenters. The summed E-state index contributed by atoms with van der Waals surface area (Å²) in [6, 6.07) is 1.92. The van der Waals surface area contributed by atoms with Crippen molar-refractivity contribution in [2.24, 2.45) is 10.9 Å². The van der Waals surface area contributed by atoms with Gasteiger partial charge in [-0.25, -0.2) is 4.98 Å². The van der Waals surface area contributed by atoms with Gasteiger partial charge in [0.05, 0.1) is 16.9 Å². The molecule has 0 aliphatic rings. The zero-order valence-electron chi connectivity index (χ0n) is 12.0. The molecule has 0 fully saturated rings. The summed E-state index contributed by atoms with van der Waals surface area (Å²) in [4.78, 5) is 8.75. The number of hydrogen-bond acceptors (Lipinski definition) is 4. The van der Waals surface area contributed by atoms with Crippen molar-refractivity contribution < 1.29 is 5.21 Å². The Morgan fingerprint density at radius 2 is 2.20 bits per heavy atom. The summed E-state index contributed by atoms with van der Waals surface area (Å²) in [5, 5.41) is 12.1. The largest absolute Gasteiger partial charge is 0.409 e. The summed E-state index contributed by atoms with van der Waals surface area (Å²) < 4.78 is 1.97. The van der Waals surface area contributed by atoms with Gasteiger partial charge in [-0.05, 0) is 26.3 Å². The molecular formula is C14H19N5O. The lowest BCUT2D eigenvalue weighted by atomic mass is 10.1. The van der Waals surface area contributed by atoms with Gasteiger partial charge in [0.25, 0.3) is 0 Å². The Kier molecular flexibility index (Phi) is 4.02. The van der Waals surface area contributed by atoms with Gasteiger partial charge < -0.3 is 15.5 Å². The van der Waals surface area contributed by atoms with Crippen LogP contribution in [0, 0.1) is 13.8 Å². The average molecular weight is 273 g/mol. The maximum atomic E-state index is 8.99. The maximum absolute atomic E-state index is 8.99. The summed E-state index contributed by atoms with van der Waals surface area (Å²) in [6.07, 6.45) is 5.50. The highest BCUT2D eigenvalue weighted by atomic mass is 16.4. The minimum absolute atomic E-state index is 0.0566. The number of aryl methyl sites for hydroxylation is 3. The predicted molar refractivity (Wildman–Crippen MR) is 77.3 cm³/mol. The van der Waals surface area contributed by atoms with E-state index in [1.807, 2.05) is 30.7 Å². The molecule has 2 heterocycles. The molecule has 0 aromatic carbocycles. The van der Waals surface area contributed by atoms with Crippen molar-refractivity contribution in [1.29, 1.82) is 0 Å². The van der Waals surface area contributed by atoms with Gasteiger partial charge in [0.2, 0.25) is 0 Å². The summed E-state index contributed by atoms with van der Waals surface area (Å²) in [7, 11) is 0. The Morgan fingerprint density at radius 1 is 1.45 bits per heavy atom. The molecule has 0 amide bonds. The second-order valence-electron chi connectivity index (χ2n) is 4.69. The fourth-order valence-corrected chi connectivity index (χ4v) is 2.33. The van der Waals surface area contributed by atoms with Crippen LogP contribution in [-0.2, 0) is 6.42 Å². The molecule has 0 aliphatic heterocycles. The summed E-state index contributed by atoms with van der Waals surface area (Å²) in [5.74, 6) is 1.01. The molecule has 0 atom stereocenters. The zero-order chi connectivity index (χ0) is 14.7. The van der Waals surface area contributed by atoms with E-state index >= 15 is 0 Å². The number of hydrogen-bond donors (Lipinski definition) is 2. The lowest BCUT2D eigenvalue weighted by Crippen LogP contribution is -2.20. The van der Waals surface area contributed by atoms with Gasteiger partial charge in [-0.3, -0.25) is 4.98 Å². The van der Waals surface area contributed by atoms with E-state index in [4.69, 9.17) is 10.9 Å². The fraction of sp³-hybridized carbons (Fsp3) is 0.357. The van der Waals surface area contributed by atoms with Crippen LogP contribution in [-0.4, -0.2) is 25.6 Å². The Labute approximate surface area is 118 Å². The van der Waals surface area contributed by atoms with Crippen LogP contribution in [0.1, 0.15) is 36.1 Å². The zero-order valence-corrected chi connectivity index (χ0v) is 12.0. The number of aromatic nitrogens is 3. The number of nitrogens with zero attached hydrogens (tertiary/aromatic N) is 4. The van der Waals surface area contributed by atoms with Gasteiger partial charge in [-0.2, -0.15) is 0 Å². The smallest absolute Gasteiger partial charge is 0.174 e. The SMILES string of the molecule is CCCc1nccn1-c1cc(C)nc(C)c1/C(N)=N/O. The molecule has 6 nitrogen and oxygen atoms in total. The van der Waals surface area contributed by atoms with Crippen LogP contribution in [0.2, 0.25) is 0 Å². The molecule has 2 aromatic rings. The van der Waals surface area contributed by atoms with Crippen molar-refractivity contribution in [1.82, 2.24) is 14.5 Å². The van der Waals surface area contributed by atoms with E-state index in [1.54, 1.807) is 6.20 Å². The normalized spacial score (nSPS) is 11.8. The Bertz CT molecular complexity index is 645. The van der Waals surface area contributed by atoms with Gasteiger partial charge in [0.15, 0.2) is 5.84 Å². The molecular weight excluding hydrogens is 254 g/mol. The quantitative estimate of drug-likeness (QED) is 0.385. The molecule has 20 heavy (non-hydrogen) atoms. The van der Waals surface area contributed by atoms with Gasteiger partial charge in [-0.1, -0.05) is 12.1 Å². The second-order valence-corrected chi connectivity index (χ2v) is 4.69. The third-order valence-corrected chi connectivity index (χ3v) is 3.12. The first-order chi connectivity index (χ1) is 9.58. The van der Waals surface area contributed by atoms with Crippen molar-refractivity contribution in [3.63, 3.8) is 0 Å². The number of amidine groups is 1. The van der Waals surface area contributed by atoms with Gasteiger partial charge >= 0.3 is 0 Å². The Morgan fingerprint density at radius 3 is 2.85 bits per heavy atom. The molecule has 0 aliphatic carbocycles. The van der Waals surface area contributed by atoms with Crippen LogP contribution in [0.15, 0.2) is 23.6 Å². The molecule has 0 radical (unpaired) electrons. The summed E-state index contributed by atoms with van der Waals surface area (Å²) in [5.41, 5.74) is 8.88. The lowest BCUT2D eigenvalue weighted by Gasteiger charge is -2.15. The molecule has 6 heteroatoms. The number of nitrogens with two attached hydrogens (primary N) is 1. The minimum Gasteiger partial charge on any atom is -0.409 e. The Balaban J connectivity index is 2.69. The van der Waals surface area contributed by atoms with Crippen molar-refractivity contribution in [2.75, 3.05) is 0 Å². The first-order valence-corrected chi connectivity index (χ1v) is 6.57. The van der Waals surface area contributed by atoms with Crippen molar-refractivity contribution in [3.05, 3.63) is 41.2 Å². The highest BCUT2D eigenvalue weighted by Crippen LogP contribution is 2.20. The molecule has 2 aromatic heterocycles. The van der Waals surface area contributed by atoms with E-state index < -0.39 is 0 Å². The summed E-state index contributed by atoms with van der Waals surface area (Å²) >= 11 is 0. The third kappa shape index (κ3) is 2.49. The Hall–Kier alpha value is -2.37. The second kappa shape index (κ2) is 5.73. The van der Waals surface area contributed by atoms with E-state index in [-0.39, 0.29) is 5.84 Å². The van der Waals surface area contributed by atoms with Crippen molar-refractivity contribution >= 4 is 5.84 Å². The number of pyridine rings is 1.